The summed E-state index contributed by atoms with van der Waals surface area (Å²) in [5.74, 6) is 0.722. The third kappa shape index (κ3) is 6.64. The topological polar surface area (TPSA) is 46.4 Å². The number of alkyl halides is 3. The third-order valence-electron chi connectivity index (χ3n) is 6.06. The largest absolute Gasteiger partial charge is 0.416 e. The Balaban J connectivity index is 1.54. The standard InChI is InChI=1S/C25H32F3N5OSi/c1-35(2,3)16-15-34-19-33-18-23(20-5-4-6-21(17-20)25(26,27)28)30-24(33)32-13-11-31(12-14-32)22-7-9-29-10-8-22/h4-10,17-18H,11-16,19H2,1-3H3. The zero-order valence-corrected chi connectivity index (χ0v) is 21.4. The zero-order chi connectivity index (χ0) is 25.1. The van der Waals surface area contributed by atoms with Crippen molar-refractivity contribution < 1.29 is 17.9 Å². The molecular weight excluding hydrogens is 471 g/mol. The Morgan fingerprint density at radius 2 is 1.66 bits per heavy atom. The molecule has 1 aliphatic rings. The molecule has 0 aliphatic carbocycles. The molecule has 1 aliphatic heterocycles. The molecule has 1 saturated heterocycles. The lowest BCUT2D eigenvalue weighted by molar-refractivity contribution is -0.137. The molecule has 0 radical (unpaired) electrons. The summed E-state index contributed by atoms with van der Waals surface area (Å²) in [6.45, 7) is 11.0. The van der Waals surface area contributed by atoms with Crippen LogP contribution in [-0.4, -0.2) is 55.4 Å². The third-order valence-corrected chi connectivity index (χ3v) is 7.76. The fourth-order valence-electron chi connectivity index (χ4n) is 4.01. The molecule has 35 heavy (non-hydrogen) atoms. The van der Waals surface area contributed by atoms with Gasteiger partial charge in [-0.25, -0.2) is 4.98 Å². The number of benzene rings is 1. The Morgan fingerprint density at radius 3 is 2.31 bits per heavy atom. The molecular formula is C25H32F3N5OSi. The van der Waals surface area contributed by atoms with E-state index >= 15 is 0 Å². The lowest BCUT2D eigenvalue weighted by atomic mass is 10.1. The lowest BCUT2D eigenvalue weighted by Gasteiger charge is -2.36. The zero-order valence-electron chi connectivity index (χ0n) is 20.4. The van der Waals surface area contributed by atoms with E-state index in [-0.39, 0.29) is 0 Å². The van der Waals surface area contributed by atoms with Gasteiger partial charge in [0.2, 0.25) is 5.95 Å². The van der Waals surface area contributed by atoms with E-state index in [0.717, 1.165) is 56.0 Å². The van der Waals surface area contributed by atoms with Crippen LogP contribution in [0.3, 0.4) is 0 Å². The molecule has 188 valence electrons. The quantitative estimate of drug-likeness (QED) is 0.296. The first-order valence-electron chi connectivity index (χ1n) is 11.8. The molecule has 0 bridgehead atoms. The maximum absolute atomic E-state index is 13.3. The van der Waals surface area contributed by atoms with Crippen LogP contribution in [0.4, 0.5) is 24.8 Å². The first kappa shape index (κ1) is 25.2. The van der Waals surface area contributed by atoms with E-state index in [1.165, 1.54) is 6.07 Å². The van der Waals surface area contributed by atoms with Gasteiger partial charge in [0.1, 0.15) is 6.73 Å². The predicted molar refractivity (Wildman–Crippen MR) is 135 cm³/mol. The molecule has 0 spiro atoms. The van der Waals surface area contributed by atoms with Crippen molar-refractivity contribution in [3.05, 3.63) is 60.6 Å². The molecule has 2 aromatic heterocycles. The van der Waals surface area contributed by atoms with E-state index in [4.69, 9.17) is 9.72 Å². The van der Waals surface area contributed by atoms with Gasteiger partial charge in [-0.1, -0.05) is 31.8 Å². The maximum Gasteiger partial charge on any atom is 0.416 e. The van der Waals surface area contributed by atoms with E-state index < -0.39 is 19.8 Å². The van der Waals surface area contributed by atoms with Crippen molar-refractivity contribution in [3.8, 4) is 11.3 Å². The minimum atomic E-state index is -4.40. The number of hydrogen-bond donors (Lipinski definition) is 0. The van der Waals surface area contributed by atoms with Gasteiger partial charge in [-0.3, -0.25) is 9.55 Å². The van der Waals surface area contributed by atoms with E-state index in [0.29, 0.717) is 24.6 Å². The van der Waals surface area contributed by atoms with Gasteiger partial charge in [0.25, 0.3) is 0 Å². The fraction of sp³-hybridized carbons (Fsp3) is 0.440. The molecule has 0 unspecified atom stereocenters. The second-order valence-corrected chi connectivity index (χ2v) is 15.6. The van der Waals surface area contributed by atoms with Crippen molar-refractivity contribution in [3.63, 3.8) is 0 Å². The fourth-order valence-corrected chi connectivity index (χ4v) is 4.76. The number of nitrogens with zero attached hydrogens (tertiary/aromatic N) is 5. The molecule has 1 fully saturated rings. The van der Waals surface area contributed by atoms with E-state index in [9.17, 15) is 13.2 Å². The van der Waals surface area contributed by atoms with Crippen molar-refractivity contribution in [2.45, 2.75) is 38.6 Å². The Hall–Kier alpha value is -2.85. The van der Waals surface area contributed by atoms with Crippen molar-refractivity contribution in [1.82, 2.24) is 14.5 Å². The number of anilines is 2. The highest BCUT2D eigenvalue weighted by atomic mass is 28.3. The maximum atomic E-state index is 13.3. The van der Waals surface area contributed by atoms with Crippen molar-refractivity contribution >= 4 is 19.7 Å². The van der Waals surface area contributed by atoms with Crippen LogP contribution in [-0.2, 0) is 17.6 Å². The molecule has 0 saturated carbocycles. The molecule has 3 aromatic rings. The summed E-state index contributed by atoms with van der Waals surface area (Å²) >= 11 is 0. The van der Waals surface area contributed by atoms with Gasteiger partial charge in [0.05, 0.1) is 11.3 Å². The number of imidazole rings is 1. The average molecular weight is 504 g/mol. The van der Waals surface area contributed by atoms with Gasteiger partial charge in [-0.2, -0.15) is 13.2 Å². The molecule has 0 amide bonds. The Bertz CT molecular complexity index is 1110. The van der Waals surface area contributed by atoms with E-state index in [1.807, 2.05) is 16.7 Å². The summed E-state index contributed by atoms with van der Waals surface area (Å²) in [5.41, 5.74) is 1.40. The first-order chi connectivity index (χ1) is 16.6. The van der Waals surface area contributed by atoms with Crippen LogP contribution in [0.5, 0.6) is 0 Å². The van der Waals surface area contributed by atoms with Gasteiger partial charge < -0.3 is 14.5 Å². The molecule has 6 nitrogen and oxygen atoms in total. The van der Waals surface area contributed by atoms with Gasteiger partial charge in [0, 0.05) is 70.7 Å². The number of ether oxygens (including phenoxy) is 1. The summed E-state index contributed by atoms with van der Waals surface area (Å²) in [6, 6.07) is 10.4. The highest BCUT2D eigenvalue weighted by molar-refractivity contribution is 6.76. The number of piperazine rings is 1. The number of aromatic nitrogens is 3. The number of rotatable bonds is 8. The van der Waals surface area contributed by atoms with Gasteiger partial charge in [-0.15, -0.1) is 0 Å². The molecule has 0 N–H and O–H groups in total. The Morgan fingerprint density at radius 1 is 0.971 bits per heavy atom. The summed E-state index contributed by atoms with van der Waals surface area (Å²) in [7, 11) is -1.23. The molecule has 0 atom stereocenters. The molecule has 1 aromatic carbocycles. The second-order valence-electron chi connectivity index (χ2n) is 10.0. The molecule has 4 rings (SSSR count). The summed E-state index contributed by atoms with van der Waals surface area (Å²) < 4.78 is 47.7. The number of halogens is 3. The predicted octanol–water partition coefficient (Wildman–Crippen LogP) is 5.60. The van der Waals surface area contributed by atoms with Crippen LogP contribution in [0, 0.1) is 0 Å². The average Bonchev–Trinajstić information content (AvgIpc) is 3.26. The van der Waals surface area contributed by atoms with Crippen LogP contribution in [0.15, 0.2) is 55.0 Å². The van der Waals surface area contributed by atoms with Crippen molar-refractivity contribution in [1.29, 1.82) is 0 Å². The van der Waals surface area contributed by atoms with Crippen molar-refractivity contribution in [2.24, 2.45) is 0 Å². The summed E-state index contributed by atoms with van der Waals surface area (Å²) in [5, 5.41) is 0. The normalized spacial score (nSPS) is 15.0. The second kappa shape index (κ2) is 10.4. The van der Waals surface area contributed by atoms with E-state index in [2.05, 4.69) is 34.4 Å². The van der Waals surface area contributed by atoms with Crippen LogP contribution in [0.2, 0.25) is 25.7 Å². The number of hydrogen-bond acceptors (Lipinski definition) is 5. The SMILES string of the molecule is C[Si](C)(C)CCOCn1cc(-c2cccc(C(F)(F)F)c2)nc1N1CCN(c2ccncc2)CC1. The highest BCUT2D eigenvalue weighted by Gasteiger charge is 2.31. The lowest BCUT2D eigenvalue weighted by Crippen LogP contribution is -2.47. The van der Waals surface area contributed by atoms with Crippen molar-refractivity contribution in [2.75, 3.05) is 42.6 Å². The number of pyridine rings is 1. The minimum Gasteiger partial charge on any atom is -0.368 e. The smallest absolute Gasteiger partial charge is 0.368 e. The highest BCUT2D eigenvalue weighted by Crippen LogP contribution is 2.33. The Labute approximate surface area is 205 Å². The first-order valence-corrected chi connectivity index (χ1v) is 15.5. The monoisotopic (exact) mass is 503 g/mol. The van der Waals surface area contributed by atoms with Gasteiger partial charge in [0.15, 0.2) is 0 Å². The van der Waals surface area contributed by atoms with Crippen LogP contribution in [0.25, 0.3) is 11.3 Å². The summed E-state index contributed by atoms with van der Waals surface area (Å²) in [4.78, 5) is 13.3. The van der Waals surface area contributed by atoms with E-state index in [1.54, 1.807) is 24.7 Å². The molecule has 10 heteroatoms. The molecule has 3 heterocycles. The van der Waals surface area contributed by atoms with Crippen LogP contribution < -0.4 is 9.80 Å². The van der Waals surface area contributed by atoms with Gasteiger partial charge >= 0.3 is 6.18 Å². The van der Waals surface area contributed by atoms with Gasteiger partial charge in [-0.05, 0) is 30.3 Å². The minimum absolute atomic E-state index is 0.316. The van der Waals surface area contributed by atoms with Crippen LogP contribution in [0.1, 0.15) is 5.56 Å². The summed E-state index contributed by atoms with van der Waals surface area (Å²) in [6.07, 6.45) is 0.973. The van der Waals surface area contributed by atoms with Crippen LogP contribution >= 0.6 is 0 Å². The Kier molecular flexibility index (Phi) is 7.51.